The van der Waals surface area contributed by atoms with Gasteiger partial charge in [-0.3, -0.25) is 4.79 Å². The van der Waals surface area contributed by atoms with Gasteiger partial charge in [0.2, 0.25) is 5.91 Å². The number of nitrogens with zero attached hydrogens (tertiary/aromatic N) is 1. The lowest BCUT2D eigenvalue weighted by molar-refractivity contribution is -0.124. The third-order valence-electron chi connectivity index (χ3n) is 3.52. The van der Waals surface area contributed by atoms with Crippen molar-refractivity contribution in [2.75, 3.05) is 38.3 Å². The maximum absolute atomic E-state index is 11.9. The lowest BCUT2D eigenvalue weighted by atomic mass is 10.1. The van der Waals surface area contributed by atoms with Crippen LogP contribution in [-0.2, 0) is 16.1 Å². The minimum absolute atomic E-state index is 0.00132. The molecule has 2 rings (SSSR count). The second-order valence-corrected chi connectivity index (χ2v) is 4.85. The average Bonchev–Trinajstić information content (AvgIpc) is 2.52. The summed E-state index contributed by atoms with van der Waals surface area (Å²) in [5.74, 6) is 0.00132. The molecule has 5 nitrogen and oxygen atoms in total. The molecule has 5 heteroatoms. The van der Waals surface area contributed by atoms with Gasteiger partial charge < -0.3 is 20.3 Å². The predicted octanol–water partition coefficient (Wildman–Crippen LogP) is 0.747. The molecule has 1 aliphatic rings. The number of amides is 1. The van der Waals surface area contributed by atoms with E-state index in [0.717, 1.165) is 25.3 Å². The van der Waals surface area contributed by atoms with Crippen molar-refractivity contribution in [1.29, 1.82) is 0 Å². The quantitative estimate of drug-likeness (QED) is 0.834. The number of ether oxygens (including phenoxy) is 1. The molecular weight excluding hydrogens is 254 g/mol. The van der Waals surface area contributed by atoms with Gasteiger partial charge in [-0.15, -0.1) is 0 Å². The van der Waals surface area contributed by atoms with Gasteiger partial charge in [-0.2, -0.15) is 0 Å². The first-order valence-electron chi connectivity index (χ1n) is 7.12. The first-order chi connectivity index (χ1) is 9.76. The van der Waals surface area contributed by atoms with Gasteiger partial charge in [0.1, 0.15) is 6.04 Å². The first-order valence-corrected chi connectivity index (χ1v) is 7.12. The Morgan fingerprint density at radius 3 is 2.80 bits per heavy atom. The van der Waals surface area contributed by atoms with Crippen molar-refractivity contribution in [3.63, 3.8) is 0 Å². The topological polar surface area (TPSA) is 53.6 Å². The van der Waals surface area contributed by atoms with Crippen LogP contribution < -0.4 is 15.5 Å². The Kier molecular flexibility index (Phi) is 5.38. The average molecular weight is 277 g/mol. The molecule has 1 aromatic rings. The highest BCUT2D eigenvalue weighted by atomic mass is 16.5. The standard InChI is InChI=1S/C15H23N3O2/c1-3-17-10-12-4-6-13(7-5-12)18-8-9-20-11-14(18)15(19)16-2/h4-7,14,17H,3,8-11H2,1-2H3,(H,16,19). The number of hydrogen-bond acceptors (Lipinski definition) is 4. The van der Waals surface area contributed by atoms with E-state index in [1.807, 2.05) is 0 Å². The Bertz CT molecular complexity index is 433. The maximum Gasteiger partial charge on any atom is 0.244 e. The molecule has 110 valence electrons. The fourth-order valence-corrected chi connectivity index (χ4v) is 2.37. The van der Waals surface area contributed by atoms with Crippen molar-refractivity contribution in [3.05, 3.63) is 29.8 Å². The van der Waals surface area contributed by atoms with E-state index in [1.165, 1.54) is 5.56 Å². The fraction of sp³-hybridized carbons (Fsp3) is 0.533. The Labute approximate surface area is 120 Å². The number of likely N-dealkylation sites (N-methyl/N-ethyl adjacent to an activating group) is 1. The molecule has 2 N–H and O–H groups in total. The number of hydrogen-bond donors (Lipinski definition) is 2. The number of carbonyl (C=O) groups excluding carboxylic acids is 1. The van der Waals surface area contributed by atoms with E-state index < -0.39 is 0 Å². The minimum atomic E-state index is -0.242. The van der Waals surface area contributed by atoms with Gasteiger partial charge in [0.25, 0.3) is 0 Å². The van der Waals surface area contributed by atoms with Crippen molar-refractivity contribution < 1.29 is 9.53 Å². The highest BCUT2D eigenvalue weighted by Crippen LogP contribution is 2.20. The van der Waals surface area contributed by atoms with E-state index in [1.54, 1.807) is 7.05 Å². The van der Waals surface area contributed by atoms with Gasteiger partial charge in [0.15, 0.2) is 0 Å². The van der Waals surface area contributed by atoms with Gasteiger partial charge in [0, 0.05) is 25.8 Å². The van der Waals surface area contributed by atoms with Gasteiger partial charge in [-0.25, -0.2) is 0 Å². The first kappa shape index (κ1) is 14.8. The molecule has 1 fully saturated rings. The summed E-state index contributed by atoms with van der Waals surface area (Å²) in [5, 5.41) is 6.01. The summed E-state index contributed by atoms with van der Waals surface area (Å²) in [4.78, 5) is 14.0. The molecule has 0 aromatic heterocycles. The van der Waals surface area contributed by atoms with Gasteiger partial charge >= 0.3 is 0 Å². The number of anilines is 1. The Hall–Kier alpha value is -1.59. The lowest BCUT2D eigenvalue weighted by Gasteiger charge is -2.36. The Morgan fingerprint density at radius 1 is 1.40 bits per heavy atom. The number of nitrogens with one attached hydrogen (secondary N) is 2. The number of morpholine rings is 1. The number of carbonyl (C=O) groups is 1. The fourth-order valence-electron chi connectivity index (χ4n) is 2.37. The molecule has 0 spiro atoms. The normalized spacial score (nSPS) is 18.9. The van der Waals surface area contributed by atoms with Gasteiger partial charge in [-0.05, 0) is 24.2 Å². The largest absolute Gasteiger partial charge is 0.377 e. The van der Waals surface area contributed by atoms with Crippen molar-refractivity contribution >= 4 is 11.6 Å². The van der Waals surface area contributed by atoms with E-state index in [0.29, 0.717) is 13.2 Å². The molecule has 0 aliphatic carbocycles. The van der Waals surface area contributed by atoms with Crippen LogP contribution in [-0.4, -0.2) is 45.3 Å². The van der Waals surface area contributed by atoms with Crippen LogP contribution in [0.4, 0.5) is 5.69 Å². The highest BCUT2D eigenvalue weighted by molar-refractivity contribution is 5.85. The zero-order valence-corrected chi connectivity index (χ0v) is 12.2. The Balaban J connectivity index is 2.09. The molecule has 0 radical (unpaired) electrons. The van der Waals surface area contributed by atoms with Gasteiger partial charge in [0.05, 0.1) is 13.2 Å². The summed E-state index contributed by atoms with van der Waals surface area (Å²) in [6.07, 6.45) is 0. The van der Waals surface area contributed by atoms with Crippen molar-refractivity contribution in [3.8, 4) is 0 Å². The predicted molar refractivity (Wildman–Crippen MR) is 79.8 cm³/mol. The molecule has 0 bridgehead atoms. The monoisotopic (exact) mass is 277 g/mol. The summed E-state index contributed by atoms with van der Waals surface area (Å²) >= 11 is 0. The third-order valence-corrected chi connectivity index (χ3v) is 3.52. The van der Waals surface area contributed by atoms with Crippen molar-refractivity contribution in [2.45, 2.75) is 19.5 Å². The second kappa shape index (κ2) is 7.26. The zero-order chi connectivity index (χ0) is 14.4. The molecular formula is C15H23N3O2. The minimum Gasteiger partial charge on any atom is -0.377 e. The lowest BCUT2D eigenvalue weighted by Crippen LogP contribution is -2.53. The highest BCUT2D eigenvalue weighted by Gasteiger charge is 2.28. The molecule has 1 heterocycles. The van der Waals surface area contributed by atoms with Crippen LogP contribution in [0, 0.1) is 0 Å². The van der Waals surface area contributed by atoms with Gasteiger partial charge in [-0.1, -0.05) is 19.1 Å². The molecule has 0 saturated carbocycles. The molecule has 1 aromatic carbocycles. The summed E-state index contributed by atoms with van der Waals surface area (Å²) < 4.78 is 5.42. The molecule has 1 unspecified atom stereocenters. The van der Waals surface area contributed by atoms with Crippen LogP contribution >= 0.6 is 0 Å². The molecule has 20 heavy (non-hydrogen) atoms. The van der Waals surface area contributed by atoms with Crippen LogP contribution in [0.5, 0.6) is 0 Å². The molecule has 1 saturated heterocycles. The molecule has 1 aliphatic heterocycles. The molecule has 1 atom stereocenters. The number of benzene rings is 1. The zero-order valence-electron chi connectivity index (χ0n) is 12.2. The van der Waals surface area contributed by atoms with E-state index in [-0.39, 0.29) is 11.9 Å². The second-order valence-electron chi connectivity index (χ2n) is 4.85. The van der Waals surface area contributed by atoms with Crippen LogP contribution in [0.1, 0.15) is 12.5 Å². The summed E-state index contributed by atoms with van der Waals surface area (Å²) in [5.41, 5.74) is 2.32. The smallest absolute Gasteiger partial charge is 0.244 e. The summed E-state index contributed by atoms with van der Waals surface area (Å²) in [7, 11) is 1.66. The van der Waals surface area contributed by atoms with Crippen LogP contribution in [0.2, 0.25) is 0 Å². The summed E-state index contributed by atoms with van der Waals surface area (Å²) in [6, 6.07) is 8.12. The van der Waals surface area contributed by atoms with Crippen LogP contribution in [0.25, 0.3) is 0 Å². The van der Waals surface area contributed by atoms with E-state index in [4.69, 9.17) is 4.74 Å². The van der Waals surface area contributed by atoms with E-state index in [2.05, 4.69) is 46.7 Å². The maximum atomic E-state index is 11.9. The third kappa shape index (κ3) is 3.49. The van der Waals surface area contributed by atoms with Crippen LogP contribution in [0.3, 0.4) is 0 Å². The summed E-state index contributed by atoms with van der Waals surface area (Å²) in [6.45, 7) is 5.77. The van der Waals surface area contributed by atoms with Crippen molar-refractivity contribution in [2.24, 2.45) is 0 Å². The van der Waals surface area contributed by atoms with E-state index >= 15 is 0 Å². The number of rotatable bonds is 5. The van der Waals surface area contributed by atoms with Crippen LogP contribution in [0.15, 0.2) is 24.3 Å². The van der Waals surface area contributed by atoms with Crippen molar-refractivity contribution in [1.82, 2.24) is 10.6 Å². The SMILES string of the molecule is CCNCc1ccc(N2CCOCC2C(=O)NC)cc1. The molecule has 1 amide bonds. The van der Waals surface area contributed by atoms with E-state index in [9.17, 15) is 4.79 Å². The Morgan fingerprint density at radius 2 is 2.15 bits per heavy atom.